The zero-order valence-corrected chi connectivity index (χ0v) is 6.59. The number of halogens is 4. The Morgan fingerprint density at radius 1 is 0.923 bits per heavy atom. The van der Waals surface area contributed by atoms with Crippen LogP contribution in [0.3, 0.4) is 0 Å². The highest BCUT2D eigenvalue weighted by atomic mass is 19.2. The molecule has 1 aromatic rings. The zero-order valence-electron chi connectivity index (χ0n) is 6.59. The third kappa shape index (κ3) is 1.26. The van der Waals surface area contributed by atoms with Gasteiger partial charge in [-0.15, -0.1) is 6.42 Å². The Morgan fingerprint density at radius 2 is 1.31 bits per heavy atom. The summed E-state index contributed by atoms with van der Waals surface area (Å²) >= 11 is 0. The van der Waals surface area contributed by atoms with Gasteiger partial charge < -0.3 is 0 Å². The predicted molar refractivity (Wildman–Crippen MR) is 38.9 cm³/mol. The molecule has 0 aliphatic rings. The fourth-order valence-corrected chi connectivity index (χ4v) is 0.868. The Labute approximate surface area is 72.2 Å². The van der Waals surface area contributed by atoms with Crippen LogP contribution in [0.15, 0.2) is 0 Å². The van der Waals surface area contributed by atoms with E-state index in [1.54, 1.807) is 5.92 Å². The third-order valence-corrected chi connectivity index (χ3v) is 1.63. The van der Waals surface area contributed by atoms with Gasteiger partial charge in [-0.3, -0.25) is 0 Å². The molecule has 68 valence electrons. The van der Waals surface area contributed by atoms with E-state index in [0.717, 1.165) is 6.92 Å². The minimum Gasteiger partial charge on any atom is -0.203 e. The Balaban J connectivity index is 3.69. The standard InChI is InChI=1S/C9H4F4/c1-3-5-8(12)6(10)4(2)7(11)9(5)13/h1H,2H3. The molecule has 0 radical (unpaired) electrons. The van der Waals surface area contributed by atoms with E-state index in [2.05, 4.69) is 6.42 Å². The normalized spacial score (nSPS) is 9.85. The summed E-state index contributed by atoms with van der Waals surface area (Å²) in [6, 6.07) is 0. The molecule has 0 aliphatic heterocycles. The van der Waals surface area contributed by atoms with Crippen LogP contribution in [0.5, 0.6) is 0 Å². The molecule has 1 rings (SSSR count). The summed E-state index contributed by atoms with van der Waals surface area (Å²) in [6.07, 6.45) is 4.68. The summed E-state index contributed by atoms with van der Waals surface area (Å²) in [6.45, 7) is 0.928. The average Bonchev–Trinajstić information content (AvgIpc) is 2.13. The van der Waals surface area contributed by atoms with Crippen molar-refractivity contribution in [1.29, 1.82) is 0 Å². The Kier molecular flexibility index (Phi) is 2.28. The van der Waals surface area contributed by atoms with Crippen molar-refractivity contribution < 1.29 is 17.6 Å². The van der Waals surface area contributed by atoms with Crippen LogP contribution in [-0.2, 0) is 0 Å². The second-order valence-electron chi connectivity index (χ2n) is 2.40. The molecule has 0 fully saturated rings. The minimum atomic E-state index is -1.53. The second kappa shape index (κ2) is 3.09. The van der Waals surface area contributed by atoms with Gasteiger partial charge in [0.25, 0.3) is 0 Å². The topological polar surface area (TPSA) is 0 Å². The molecule has 0 saturated carbocycles. The van der Waals surface area contributed by atoms with Gasteiger partial charge in [-0.2, -0.15) is 0 Å². The van der Waals surface area contributed by atoms with Crippen molar-refractivity contribution >= 4 is 0 Å². The van der Waals surface area contributed by atoms with Gasteiger partial charge in [0.15, 0.2) is 23.3 Å². The van der Waals surface area contributed by atoms with Crippen LogP contribution in [-0.4, -0.2) is 0 Å². The zero-order chi connectivity index (χ0) is 10.2. The van der Waals surface area contributed by atoms with Crippen LogP contribution in [0.1, 0.15) is 11.1 Å². The van der Waals surface area contributed by atoms with E-state index in [-0.39, 0.29) is 0 Å². The molecule has 0 saturated heterocycles. The first-order valence-corrected chi connectivity index (χ1v) is 3.29. The molecule has 13 heavy (non-hydrogen) atoms. The van der Waals surface area contributed by atoms with Crippen LogP contribution in [0.25, 0.3) is 0 Å². The maximum Gasteiger partial charge on any atom is 0.177 e. The smallest absolute Gasteiger partial charge is 0.177 e. The van der Waals surface area contributed by atoms with Crippen LogP contribution in [0, 0.1) is 42.5 Å². The number of hydrogen-bond donors (Lipinski definition) is 0. The highest BCUT2D eigenvalue weighted by Crippen LogP contribution is 2.22. The molecule has 0 spiro atoms. The van der Waals surface area contributed by atoms with Gasteiger partial charge in [0.2, 0.25) is 0 Å². The van der Waals surface area contributed by atoms with E-state index in [1.807, 2.05) is 0 Å². The van der Waals surface area contributed by atoms with E-state index in [9.17, 15) is 17.6 Å². The monoisotopic (exact) mass is 188 g/mol. The van der Waals surface area contributed by atoms with Crippen LogP contribution in [0.2, 0.25) is 0 Å². The molecule has 0 aromatic heterocycles. The minimum absolute atomic E-state index is 0.714. The van der Waals surface area contributed by atoms with Gasteiger partial charge in [-0.05, 0) is 6.92 Å². The summed E-state index contributed by atoms with van der Waals surface area (Å²) in [7, 11) is 0. The fraction of sp³-hybridized carbons (Fsp3) is 0.111. The van der Waals surface area contributed by atoms with Gasteiger partial charge >= 0.3 is 0 Å². The molecule has 0 heterocycles. The predicted octanol–water partition coefficient (Wildman–Crippen LogP) is 2.53. The molecule has 0 unspecified atom stereocenters. The molecule has 0 nitrogen and oxygen atoms in total. The maximum absolute atomic E-state index is 12.8. The van der Waals surface area contributed by atoms with Gasteiger partial charge in [0.1, 0.15) is 5.56 Å². The Morgan fingerprint density at radius 3 is 1.62 bits per heavy atom. The van der Waals surface area contributed by atoms with Crippen molar-refractivity contribution in [2.75, 3.05) is 0 Å². The molecule has 0 N–H and O–H groups in total. The fourth-order valence-electron chi connectivity index (χ4n) is 0.868. The molecule has 0 bridgehead atoms. The van der Waals surface area contributed by atoms with Crippen molar-refractivity contribution in [2.45, 2.75) is 6.92 Å². The van der Waals surface area contributed by atoms with Crippen LogP contribution < -0.4 is 0 Å². The molecular weight excluding hydrogens is 184 g/mol. The van der Waals surface area contributed by atoms with Gasteiger partial charge in [0, 0.05) is 5.56 Å². The third-order valence-electron chi connectivity index (χ3n) is 1.63. The lowest BCUT2D eigenvalue weighted by Gasteiger charge is -2.04. The highest BCUT2D eigenvalue weighted by molar-refractivity contribution is 5.39. The maximum atomic E-state index is 12.8. The Hall–Kier alpha value is -1.50. The summed E-state index contributed by atoms with van der Waals surface area (Å²) in [4.78, 5) is 0. The van der Waals surface area contributed by atoms with E-state index in [0.29, 0.717) is 0 Å². The van der Waals surface area contributed by atoms with E-state index < -0.39 is 34.4 Å². The molecule has 0 amide bonds. The number of rotatable bonds is 0. The lowest BCUT2D eigenvalue weighted by atomic mass is 10.1. The molecule has 4 heteroatoms. The first kappa shape index (κ1) is 9.59. The van der Waals surface area contributed by atoms with E-state index in [1.165, 1.54) is 0 Å². The van der Waals surface area contributed by atoms with Crippen molar-refractivity contribution in [3.63, 3.8) is 0 Å². The summed E-state index contributed by atoms with van der Waals surface area (Å²) in [5, 5.41) is 0. The number of hydrogen-bond acceptors (Lipinski definition) is 0. The summed E-state index contributed by atoms with van der Waals surface area (Å²) in [5.74, 6) is -4.42. The molecular formula is C9H4F4. The van der Waals surface area contributed by atoms with Crippen molar-refractivity contribution in [1.82, 2.24) is 0 Å². The lowest BCUT2D eigenvalue weighted by molar-refractivity contribution is 0.442. The first-order valence-electron chi connectivity index (χ1n) is 3.29. The number of terminal acetylenes is 1. The van der Waals surface area contributed by atoms with E-state index in [4.69, 9.17) is 0 Å². The van der Waals surface area contributed by atoms with Crippen LogP contribution >= 0.6 is 0 Å². The second-order valence-corrected chi connectivity index (χ2v) is 2.40. The summed E-state index contributed by atoms with van der Waals surface area (Å²) < 4.78 is 51.0. The number of benzene rings is 1. The highest BCUT2D eigenvalue weighted by Gasteiger charge is 2.21. The van der Waals surface area contributed by atoms with Crippen molar-refractivity contribution in [3.8, 4) is 12.3 Å². The first-order chi connectivity index (χ1) is 6.00. The summed E-state index contributed by atoms with van der Waals surface area (Å²) in [5.41, 5.74) is -1.73. The largest absolute Gasteiger partial charge is 0.203 e. The van der Waals surface area contributed by atoms with Gasteiger partial charge in [0.05, 0.1) is 0 Å². The van der Waals surface area contributed by atoms with Gasteiger partial charge in [-0.25, -0.2) is 17.6 Å². The quantitative estimate of drug-likeness (QED) is 0.333. The van der Waals surface area contributed by atoms with Crippen molar-refractivity contribution in [2.24, 2.45) is 0 Å². The Bertz CT molecular complexity index is 372. The lowest BCUT2D eigenvalue weighted by Crippen LogP contribution is -2.03. The SMILES string of the molecule is C#Cc1c(F)c(F)c(C)c(F)c1F. The molecule has 0 aliphatic carbocycles. The molecule has 1 aromatic carbocycles. The molecule has 0 atom stereocenters. The van der Waals surface area contributed by atoms with Gasteiger partial charge in [-0.1, -0.05) is 5.92 Å². The van der Waals surface area contributed by atoms with Crippen LogP contribution in [0.4, 0.5) is 17.6 Å². The van der Waals surface area contributed by atoms with E-state index >= 15 is 0 Å². The van der Waals surface area contributed by atoms with Crippen molar-refractivity contribution in [3.05, 3.63) is 34.4 Å². The average molecular weight is 188 g/mol.